The third-order valence-electron chi connectivity index (χ3n) is 4.20. The minimum Gasteiger partial charge on any atom is -0.315 e. The number of hydrogen-bond donors (Lipinski definition) is 2. The maximum absolute atomic E-state index is 6.46. The molecule has 1 saturated heterocycles. The molecule has 3 rings (SSSR count). The van der Waals surface area contributed by atoms with E-state index >= 15 is 0 Å². The van der Waals surface area contributed by atoms with Crippen LogP contribution in [0.2, 0.25) is 0 Å². The van der Waals surface area contributed by atoms with Crippen molar-refractivity contribution < 1.29 is 0 Å². The summed E-state index contributed by atoms with van der Waals surface area (Å²) in [5, 5.41) is 3.48. The molecule has 0 aliphatic carbocycles. The van der Waals surface area contributed by atoms with Crippen molar-refractivity contribution in [3.63, 3.8) is 0 Å². The van der Waals surface area contributed by atoms with Crippen LogP contribution in [-0.4, -0.2) is 12.2 Å². The number of nitrogens with one attached hydrogen (secondary N) is 1. The molecule has 1 aliphatic heterocycles. The third kappa shape index (κ3) is 1.97. The molecule has 0 amide bonds. The summed E-state index contributed by atoms with van der Waals surface area (Å²) in [5.74, 6) is 0. The Morgan fingerprint density at radius 2 is 1.42 bits per heavy atom. The number of nitrogens with two attached hydrogens (primary N) is 1. The first-order chi connectivity index (χ1) is 9.23. The molecule has 98 valence electrons. The number of rotatable bonds is 2. The normalized spacial score (nSPS) is 25.4. The molecule has 3 N–H and O–H groups in total. The second kappa shape index (κ2) is 4.80. The van der Waals surface area contributed by atoms with Crippen molar-refractivity contribution in [3.8, 4) is 0 Å². The minimum absolute atomic E-state index is 0.0488. The number of benzene rings is 2. The van der Waals surface area contributed by atoms with Gasteiger partial charge in [0, 0.05) is 11.5 Å². The average molecular weight is 252 g/mol. The zero-order valence-corrected chi connectivity index (χ0v) is 11.2. The molecule has 2 aromatic rings. The first-order valence-electron chi connectivity index (χ1n) is 6.86. The third-order valence-corrected chi connectivity index (χ3v) is 4.20. The predicted molar refractivity (Wildman–Crippen MR) is 78.9 cm³/mol. The summed E-state index contributed by atoms with van der Waals surface area (Å²) in [6, 6.07) is 21.7. The molecule has 0 radical (unpaired) electrons. The number of hydrogen-bond acceptors (Lipinski definition) is 2. The summed E-state index contributed by atoms with van der Waals surface area (Å²) < 4.78 is 0. The molecule has 2 heteroatoms. The van der Waals surface area contributed by atoms with E-state index in [-0.39, 0.29) is 11.6 Å². The van der Waals surface area contributed by atoms with E-state index in [4.69, 9.17) is 5.73 Å². The minimum atomic E-state index is -0.123. The van der Waals surface area contributed by atoms with Crippen LogP contribution in [0.4, 0.5) is 0 Å². The highest BCUT2D eigenvalue weighted by atomic mass is 15.1. The van der Waals surface area contributed by atoms with Crippen LogP contribution in [0.25, 0.3) is 0 Å². The molecule has 2 aromatic carbocycles. The summed E-state index contributed by atoms with van der Waals surface area (Å²) in [6.07, 6.45) is 0.981. The van der Waals surface area contributed by atoms with Crippen LogP contribution in [0.1, 0.15) is 24.5 Å². The highest BCUT2D eigenvalue weighted by Crippen LogP contribution is 2.42. The molecule has 2 nitrogen and oxygen atoms in total. The van der Waals surface area contributed by atoms with Gasteiger partial charge in [0.1, 0.15) is 0 Å². The van der Waals surface area contributed by atoms with Gasteiger partial charge in [-0.25, -0.2) is 0 Å². The summed E-state index contributed by atoms with van der Waals surface area (Å²) >= 11 is 0. The van der Waals surface area contributed by atoms with Crippen LogP contribution in [0, 0.1) is 0 Å². The van der Waals surface area contributed by atoms with E-state index in [1.165, 1.54) is 11.1 Å². The Bertz CT molecular complexity index is 496. The standard InChI is InChI=1S/C17H20N2/c1-13-12-17(16(18)19-13,14-8-4-2-5-9-14)15-10-6-3-7-11-15/h2-11,13,16,19H,12,18H2,1H3. The smallest absolute Gasteiger partial charge is 0.0690 e. The fourth-order valence-corrected chi connectivity index (χ4v) is 3.35. The van der Waals surface area contributed by atoms with Crippen molar-refractivity contribution in [3.05, 3.63) is 71.8 Å². The van der Waals surface area contributed by atoms with Gasteiger partial charge in [-0.2, -0.15) is 0 Å². The van der Waals surface area contributed by atoms with E-state index in [9.17, 15) is 0 Å². The van der Waals surface area contributed by atoms with E-state index in [0.717, 1.165) is 6.42 Å². The molecule has 0 saturated carbocycles. The van der Waals surface area contributed by atoms with E-state index < -0.39 is 0 Å². The Morgan fingerprint density at radius 3 is 1.79 bits per heavy atom. The second-order valence-electron chi connectivity index (χ2n) is 5.45. The molecule has 19 heavy (non-hydrogen) atoms. The lowest BCUT2D eigenvalue weighted by atomic mass is 9.71. The highest BCUT2D eigenvalue weighted by molar-refractivity contribution is 5.43. The van der Waals surface area contributed by atoms with Crippen molar-refractivity contribution in [2.45, 2.75) is 31.0 Å². The summed E-state index contributed by atoms with van der Waals surface area (Å²) in [4.78, 5) is 0. The van der Waals surface area contributed by atoms with Crippen LogP contribution in [0.3, 0.4) is 0 Å². The van der Waals surface area contributed by atoms with Crippen LogP contribution in [0.15, 0.2) is 60.7 Å². The SMILES string of the molecule is CC1CC(c2ccccc2)(c2ccccc2)C(N)N1. The van der Waals surface area contributed by atoms with Gasteiger partial charge in [0.15, 0.2) is 0 Å². The average Bonchev–Trinajstić information content (AvgIpc) is 2.76. The van der Waals surface area contributed by atoms with E-state index in [1.807, 2.05) is 0 Å². The lowest BCUT2D eigenvalue weighted by molar-refractivity contribution is 0.446. The van der Waals surface area contributed by atoms with Gasteiger partial charge in [-0.3, -0.25) is 5.32 Å². The van der Waals surface area contributed by atoms with Crippen LogP contribution < -0.4 is 11.1 Å². The molecule has 2 unspecified atom stereocenters. The largest absolute Gasteiger partial charge is 0.315 e. The van der Waals surface area contributed by atoms with Gasteiger partial charge in [-0.05, 0) is 24.5 Å². The van der Waals surface area contributed by atoms with Gasteiger partial charge in [0.05, 0.1) is 6.17 Å². The van der Waals surface area contributed by atoms with E-state index in [2.05, 4.69) is 72.9 Å². The molecule has 2 atom stereocenters. The van der Waals surface area contributed by atoms with E-state index in [0.29, 0.717) is 6.04 Å². The molecular weight excluding hydrogens is 232 g/mol. The Kier molecular flexibility index (Phi) is 3.13. The van der Waals surface area contributed by atoms with Gasteiger partial charge >= 0.3 is 0 Å². The van der Waals surface area contributed by atoms with Crippen molar-refractivity contribution >= 4 is 0 Å². The predicted octanol–water partition coefficient (Wildman–Crippen LogP) is 2.64. The van der Waals surface area contributed by atoms with Crippen molar-refractivity contribution in [1.29, 1.82) is 0 Å². The van der Waals surface area contributed by atoms with Gasteiger partial charge < -0.3 is 5.73 Å². The molecular formula is C17H20N2. The molecule has 1 aliphatic rings. The van der Waals surface area contributed by atoms with Gasteiger partial charge in [0.2, 0.25) is 0 Å². The Morgan fingerprint density at radius 1 is 0.947 bits per heavy atom. The second-order valence-corrected chi connectivity index (χ2v) is 5.45. The quantitative estimate of drug-likeness (QED) is 0.862. The lowest BCUT2D eigenvalue weighted by Crippen LogP contribution is -2.48. The molecule has 1 heterocycles. The summed E-state index contributed by atoms with van der Waals surface area (Å²) in [6.45, 7) is 2.20. The lowest BCUT2D eigenvalue weighted by Gasteiger charge is -2.34. The monoisotopic (exact) mass is 252 g/mol. The summed E-state index contributed by atoms with van der Waals surface area (Å²) in [5.41, 5.74) is 8.93. The maximum atomic E-state index is 6.46. The van der Waals surface area contributed by atoms with Gasteiger partial charge in [-0.1, -0.05) is 60.7 Å². The highest BCUT2D eigenvalue weighted by Gasteiger charge is 2.46. The summed E-state index contributed by atoms with van der Waals surface area (Å²) in [7, 11) is 0. The first kappa shape index (κ1) is 12.4. The van der Waals surface area contributed by atoms with Gasteiger partial charge in [-0.15, -0.1) is 0 Å². The molecule has 0 aromatic heterocycles. The van der Waals surface area contributed by atoms with Crippen LogP contribution in [-0.2, 0) is 5.41 Å². The zero-order valence-electron chi connectivity index (χ0n) is 11.2. The van der Waals surface area contributed by atoms with Crippen molar-refractivity contribution in [2.75, 3.05) is 0 Å². The molecule has 1 fully saturated rings. The van der Waals surface area contributed by atoms with Crippen molar-refractivity contribution in [2.24, 2.45) is 5.73 Å². The Balaban J connectivity index is 2.17. The van der Waals surface area contributed by atoms with Crippen LogP contribution >= 0.6 is 0 Å². The topological polar surface area (TPSA) is 38.0 Å². The Labute approximate surface area is 114 Å². The van der Waals surface area contributed by atoms with Crippen molar-refractivity contribution in [1.82, 2.24) is 5.32 Å². The maximum Gasteiger partial charge on any atom is 0.0690 e. The van der Waals surface area contributed by atoms with E-state index in [1.54, 1.807) is 0 Å². The zero-order chi connectivity index (χ0) is 13.3. The van der Waals surface area contributed by atoms with Gasteiger partial charge in [0.25, 0.3) is 0 Å². The fourth-order valence-electron chi connectivity index (χ4n) is 3.35. The first-order valence-corrected chi connectivity index (χ1v) is 6.86. The molecule has 0 spiro atoms. The van der Waals surface area contributed by atoms with Crippen LogP contribution in [0.5, 0.6) is 0 Å². The Hall–Kier alpha value is -1.64. The molecule has 0 bridgehead atoms. The fraction of sp³-hybridized carbons (Fsp3) is 0.294.